The maximum atomic E-state index is 10.7. The van der Waals surface area contributed by atoms with Gasteiger partial charge in [-0.3, -0.25) is 4.79 Å². The number of nitrogens with two attached hydrogens (primary N) is 1. The molecule has 3 nitrogen and oxygen atoms in total. The van der Waals surface area contributed by atoms with Crippen molar-refractivity contribution in [3.63, 3.8) is 0 Å². The van der Waals surface area contributed by atoms with Crippen LogP contribution < -0.4 is 5.73 Å². The molecule has 3 atom stereocenters. The van der Waals surface area contributed by atoms with Crippen molar-refractivity contribution in [2.45, 2.75) is 32.7 Å². The number of carboxylic acids is 1. The van der Waals surface area contributed by atoms with E-state index in [9.17, 15) is 4.79 Å². The van der Waals surface area contributed by atoms with Crippen LogP contribution >= 0.6 is 12.4 Å². The van der Waals surface area contributed by atoms with Crippen molar-refractivity contribution >= 4 is 18.4 Å². The van der Waals surface area contributed by atoms with Gasteiger partial charge in [-0.15, -0.1) is 12.4 Å². The first-order chi connectivity index (χ1) is 5.54. The van der Waals surface area contributed by atoms with Crippen LogP contribution in [0.3, 0.4) is 0 Å². The Morgan fingerprint density at radius 2 is 2.00 bits per heavy atom. The average Bonchev–Trinajstić information content (AvgIpc) is 2.30. The molecule has 3 N–H and O–H groups in total. The summed E-state index contributed by atoms with van der Waals surface area (Å²) in [6, 6.07) is -0.137. The molecule has 78 valence electrons. The lowest BCUT2D eigenvalue weighted by Gasteiger charge is -2.21. The number of halogens is 1. The van der Waals surface area contributed by atoms with Gasteiger partial charge in [0.1, 0.15) is 0 Å². The SMILES string of the molecule is CC(C)[C@@H]1CC[C@@H](C(=O)O)[C@H]1N.Cl. The quantitative estimate of drug-likeness (QED) is 0.722. The van der Waals surface area contributed by atoms with Crippen molar-refractivity contribution in [2.24, 2.45) is 23.5 Å². The summed E-state index contributed by atoms with van der Waals surface area (Å²) in [7, 11) is 0. The third-order valence-corrected chi connectivity index (χ3v) is 2.94. The molecule has 0 saturated heterocycles. The highest BCUT2D eigenvalue weighted by Crippen LogP contribution is 2.34. The number of carboxylic acid groups (broad SMARTS) is 1. The lowest BCUT2D eigenvalue weighted by atomic mass is 9.89. The molecule has 1 aliphatic rings. The molecule has 0 spiro atoms. The monoisotopic (exact) mass is 207 g/mol. The van der Waals surface area contributed by atoms with E-state index in [0.29, 0.717) is 11.8 Å². The second-order valence-corrected chi connectivity index (χ2v) is 4.01. The van der Waals surface area contributed by atoms with Crippen LogP contribution in [0.25, 0.3) is 0 Å². The molecule has 1 saturated carbocycles. The van der Waals surface area contributed by atoms with Gasteiger partial charge in [0.25, 0.3) is 0 Å². The van der Waals surface area contributed by atoms with E-state index >= 15 is 0 Å². The zero-order valence-corrected chi connectivity index (χ0v) is 8.88. The Morgan fingerprint density at radius 3 is 2.23 bits per heavy atom. The molecule has 0 radical (unpaired) electrons. The summed E-state index contributed by atoms with van der Waals surface area (Å²) >= 11 is 0. The number of hydrogen-bond donors (Lipinski definition) is 2. The summed E-state index contributed by atoms with van der Waals surface area (Å²) in [4.78, 5) is 10.7. The molecular formula is C9H18ClNO2. The van der Waals surface area contributed by atoms with Gasteiger partial charge in [0.05, 0.1) is 5.92 Å². The lowest BCUT2D eigenvalue weighted by molar-refractivity contribution is -0.142. The predicted octanol–water partition coefficient (Wildman–Crippen LogP) is 1.50. The molecular weight excluding hydrogens is 190 g/mol. The molecule has 0 aliphatic heterocycles. The molecule has 13 heavy (non-hydrogen) atoms. The Kier molecular flexibility index (Phi) is 4.71. The maximum absolute atomic E-state index is 10.7. The molecule has 0 amide bonds. The highest BCUT2D eigenvalue weighted by atomic mass is 35.5. The number of rotatable bonds is 2. The minimum Gasteiger partial charge on any atom is -0.481 e. The van der Waals surface area contributed by atoms with Crippen LogP contribution in [0.1, 0.15) is 26.7 Å². The van der Waals surface area contributed by atoms with Crippen LogP contribution in [0.4, 0.5) is 0 Å². The van der Waals surface area contributed by atoms with Crippen LogP contribution in [0.2, 0.25) is 0 Å². The number of hydrogen-bond acceptors (Lipinski definition) is 2. The fraction of sp³-hybridized carbons (Fsp3) is 0.889. The second-order valence-electron chi connectivity index (χ2n) is 4.01. The Balaban J connectivity index is 0.00000144. The molecule has 4 heteroatoms. The predicted molar refractivity (Wildman–Crippen MR) is 53.9 cm³/mol. The Bertz CT molecular complexity index is 184. The van der Waals surface area contributed by atoms with Crippen molar-refractivity contribution < 1.29 is 9.90 Å². The summed E-state index contributed by atoms with van der Waals surface area (Å²) in [6.07, 6.45) is 1.72. The van der Waals surface area contributed by atoms with E-state index in [1.54, 1.807) is 0 Å². The first-order valence-electron chi connectivity index (χ1n) is 4.52. The van der Waals surface area contributed by atoms with Crippen LogP contribution in [-0.4, -0.2) is 17.1 Å². The van der Waals surface area contributed by atoms with Gasteiger partial charge < -0.3 is 10.8 Å². The normalized spacial score (nSPS) is 33.1. The molecule has 0 heterocycles. The van der Waals surface area contributed by atoms with Crippen molar-refractivity contribution in [3.8, 4) is 0 Å². The summed E-state index contributed by atoms with van der Waals surface area (Å²) in [5, 5.41) is 8.80. The van der Waals surface area contributed by atoms with Gasteiger partial charge in [-0.2, -0.15) is 0 Å². The summed E-state index contributed by atoms with van der Waals surface area (Å²) < 4.78 is 0. The molecule has 0 bridgehead atoms. The van der Waals surface area contributed by atoms with Gasteiger partial charge in [-0.25, -0.2) is 0 Å². The van der Waals surface area contributed by atoms with Crippen LogP contribution in [0, 0.1) is 17.8 Å². The number of carbonyl (C=O) groups is 1. The van der Waals surface area contributed by atoms with Gasteiger partial charge >= 0.3 is 5.97 Å². The van der Waals surface area contributed by atoms with E-state index in [0.717, 1.165) is 12.8 Å². The molecule has 0 aromatic carbocycles. The highest BCUT2D eigenvalue weighted by Gasteiger charge is 2.38. The third kappa shape index (κ3) is 2.58. The largest absolute Gasteiger partial charge is 0.481 e. The molecule has 0 aromatic heterocycles. The fourth-order valence-corrected chi connectivity index (χ4v) is 2.12. The topological polar surface area (TPSA) is 63.3 Å². The van der Waals surface area contributed by atoms with Crippen LogP contribution in [0.15, 0.2) is 0 Å². The Hall–Kier alpha value is -0.280. The fourth-order valence-electron chi connectivity index (χ4n) is 2.12. The maximum Gasteiger partial charge on any atom is 0.308 e. The standard InChI is InChI=1S/C9H17NO2.ClH/c1-5(2)6-3-4-7(8(6)10)9(11)12;/h5-8H,3-4,10H2,1-2H3,(H,11,12);1H/t6-,7+,8-;/m0./s1. The first kappa shape index (κ1) is 12.7. The van der Waals surface area contributed by atoms with E-state index in [4.69, 9.17) is 10.8 Å². The van der Waals surface area contributed by atoms with Gasteiger partial charge in [-0.05, 0) is 24.7 Å². The summed E-state index contributed by atoms with van der Waals surface area (Å²) in [5.74, 6) is -0.140. The van der Waals surface area contributed by atoms with E-state index in [2.05, 4.69) is 13.8 Å². The second kappa shape index (κ2) is 4.82. The van der Waals surface area contributed by atoms with Crippen molar-refractivity contribution in [3.05, 3.63) is 0 Å². The Morgan fingerprint density at radius 1 is 1.46 bits per heavy atom. The van der Waals surface area contributed by atoms with Gasteiger partial charge in [0.2, 0.25) is 0 Å². The highest BCUT2D eigenvalue weighted by molar-refractivity contribution is 5.85. The van der Waals surface area contributed by atoms with Gasteiger partial charge in [0.15, 0.2) is 0 Å². The summed E-state index contributed by atoms with van der Waals surface area (Å²) in [5.41, 5.74) is 5.84. The lowest BCUT2D eigenvalue weighted by Crippen LogP contribution is -2.37. The van der Waals surface area contributed by atoms with Crippen molar-refractivity contribution in [1.82, 2.24) is 0 Å². The zero-order chi connectivity index (χ0) is 9.30. The van der Waals surface area contributed by atoms with Gasteiger partial charge in [0, 0.05) is 6.04 Å². The molecule has 0 aromatic rings. The van der Waals surface area contributed by atoms with Gasteiger partial charge in [-0.1, -0.05) is 13.8 Å². The molecule has 1 aliphatic carbocycles. The van der Waals surface area contributed by atoms with E-state index in [-0.39, 0.29) is 24.4 Å². The smallest absolute Gasteiger partial charge is 0.308 e. The van der Waals surface area contributed by atoms with Crippen LogP contribution in [0.5, 0.6) is 0 Å². The van der Waals surface area contributed by atoms with Crippen molar-refractivity contribution in [2.75, 3.05) is 0 Å². The first-order valence-corrected chi connectivity index (χ1v) is 4.52. The van der Waals surface area contributed by atoms with E-state index in [1.165, 1.54) is 0 Å². The number of aliphatic carboxylic acids is 1. The Labute approximate surface area is 85.1 Å². The minimum atomic E-state index is -0.731. The molecule has 0 unspecified atom stereocenters. The average molecular weight is 208 g/mol. The third-order valence-electron chi connectivity index (χ3n) is 2.94. The minimum absolute atomic E-state index is 0. The zero-order valence-electron chi connectivity index (χ0n) is 8.06. The molecule has 1 fully saturated rings. The van der Waals surface area contributed by atoms with E-state index < -0.39 is 5.97 Å². The van der Waals surface area contributed by atoms with E-state index in [1.807, 2.05) is 0 Å². The van der Waals surface area contributed by atoms with Crippen molar-refractivity contribution in [1.29, 1.82) is 0 Å². The summed E-state index contributed by atoms with van der Waals surface area (Å²) in [6.45, 7) is 4.21. The molecule has 1 rings (SSSR count). The van der Waals surface area contributed by atoms with Crippen LogP contribution in [-0.2, 0) is 4.79 Å².